The molecule has 0 unspecified atom stereocenters. The lowest BCUT2D eigenvalue weighted by molar-refractivity contribution is -0.383. The monoisotopic (exact) mass is 383 g/mol. The number of nitro benzene ring substituents is 1. The van der Waals surface area contributed by atoms with Gasteiger partial charge in [0.1, 0.15) is 17.9 Å². The number of pyridine rings is 2. The normalized spacial score (nSPS) is 11.0. The van der Waals surface area contributed by atoms with Crippen LogP contribution in [-0.2, 0) is 6.61 Å². The topological polar surface area (TPSA) is 78.2 Å². The van der Waals surface area contributed by atoms with Gasteiger partial charge >= 0.3 is 0 Å². The van der Waals surface area contributed by atoms with E-state index in [1.54, 1.807) is 18.5 Å². The molecule has 0 aliphatic rings. The summed E-state index contributed by atoms with van der Waals surface area (Å²) in [6, 6.07) is 20.1. The Balaban J connectivity index is 1.59. The summed E-state index contributed by atoms with van der Waals surface area (Å²) in [5, 5.41) is 12.0. The van der Waals surface area contributed by atoms with Crippen LogP contribution >= 0.6 is 0 Å². The smallest absolute Gasteiger partial charge is 0.295 e. The van der Waals surface area contributed by atoms with Crippen LogP contribution in [0.2, 0.25) is 0 Å². The fourth-order valence-electron chi connectivity index (χ4n) is 2.96. The molecule has 4 rings (SSSR count). The molecule has 4 aromatic rings. The van der Waals surface area contributed by atoms with Gasteiger partial charge in [-0.1, -0.05) is 42.5 Å². The van der Waals surface area contributed by atoms with Gasteiger partial charge in [-0.25, -0.2) is 4.98 Å². The number of ether oxygens (including phenoxy) is 1. The zero-order chi connectivity index (χ0) is 20.1. The lowest BCUT2D eigenvalue weighted by Crippen LogP contribution is -1.97. The summed E-state index contributed by atoms with van der Waals surface area (Å²) in [5.74, 6) is 0.736. The first kappa shape index (κ1) is 18.3. The minimum atomic E-state index is -0.412. The first-order chi connectivity index (χ1) is 14.2. The Labute approximate surface area is 167 Å². The second-order valence-corrected chi connectivity index (χ2v) is 6.36. The Kier molecular flexibility index (Phi) is 5.25. The van der Waals surface area contributed by atoms with Gasteiger partial charge in [0.15, 0.2) is 0 Å². The molecular weight excluding hydrogens is 366 g/mol. The summed E-state index contributed by atoms with van der Waals surface area (Å²) >= 11 is 0. The lowest BCUT2D eigenvalue weighted by atomic mass is 10.1. The lowest BCUT2D eigenvalue weighted by Gasteiger charge is -2.09. The van der Waals surface area contributed by atoms with Gasteiger partial charge in [0, 0.05) is 35.0 Å². The molecule has 142 valence electrons. The quantitative estimate of drug-likeness (QED) is 0.334. The molecule has 0 saturated carbocycles. The van der Waals surface area contributed by atoms with Crippen molar-refractivity contribution in [3.05, 3.63) is 106 Å². The Morgan fingerprint density at radius 1 is 0.966 bits per heavy atom. The zero-order valence-corrected chi connectivity index (χ0v) is 15.4. The largest absolute Gasteiger partial charge is 0.488 e. The first-order valence-electron chi connectivity index (χ1n) is 9.04. The second kappa shape index (κ2) is 8.31. The van der Waals surface area contributed by atoms with Crippen molar-refractivity contribution in [2.24, 2.45) is 0 Å². The molecule has 0 atom stereocenters. The standard InChI is InChI=1S/C23H17N3O3/c27-26(28)21-8-3-7-19-11-13-20(25-23(19)21)12-10-18-6-1-2-9-22(18)29-16-17-5-4-14-24-15-17/h1-15H,16H2/b12-10+. The van der Waals surface area contributed by atoms with Crippen molar-refractivity contribution in [2.45, 2.75) is 6.61 Å². The van der Waals surface area contributed by atoms with E-state index in [0.29, 0.717) is 17.8 Å². The highest BCUT2D eigenvalue weighted by Crippen LogP contribution is 2.25. The van der Waals surface area contributed by atoms with Crippen molar-refractivity contribution in [3.63, 3.8) is 0 Å². The summed E-state index contributed by atoms with van der Waals surface area (Å²) in [4.78, 5) is 19.4. The fraction of sp³-hybridized carbons (Fsp3) is 0.0435. The van der Waals surface area contributed by atoms with Crippen molar-refractivity contribution in [1.82, 2.24) is 9.97 Å². The second-order valence-electron chi connectivity index (χ2n) is 6.36. The number of para-hydroxylation sites is 2. The van der Waals surface area contributed by atoms with Crippen molar-refractivity contribution in [3.8, 4) is 5.75 Å². The predicted octanol–water partition coefficient (Wildman–Crippen LogP) is 5.29. The molecule has 29 heavy (non-hydrogen) atoms. The van der Waals surface area contributed by atoms with Gasteiger partial charge in [0.25, 0.3) is 5.69 Å². The van der Waals surface area contributed by atoms with Crippen LogP contribution in [0.25, 0.3) is 23.1 Å². The maximum atomic E-state index is 11.3. The van der Waals surface area contributed by atoms with E-state index in [-0.39, 0.29) is 5.69 Å². The zero-order valence-electron chi connectivity index (χ0n) is 15.4. The average Bonchev–Trinajstić information content (AvgIpc) is 2.77. The molecule has 0 fully saturated rings. The predicted molar refractivity (Wildman–Crippen MR) is 112 cm³/mol. The minimum Gasteiger partial charge on any atom is -0.488 e. The van der Waals surface area contributed by atoms with Gasteiger partial charge < -0.3 is 4.74 Å². The Morgan fingerprint density at radius 2 is 1.86 bits per heavy atom. The molecule has 0 aliphatic heterocycles. The number of nitrogens with zero attached hydrogens (tertiary/aromatic N) is 3. The van der Waals surface area contributed by atoms with Crippen LogP contribution in [0.3, 0.4) is 0 Å². The van der Waals surface area contributed by atoms with Gasteiger partial charge in [-0.05, 0) is 30.4 Å². The van der Waals surface area contributed by atoms with E-state index < -0.39 is 4.92 Å². The third kappa shape index (κ3) is 4.27. The fourth-order valence-corrected chi connectivity index (χ4v) is 2.96. The van der Waals surface area contributed by atoms with Crippen LogP contribution in [0.1, 0.15) is 16.8 Å². The molecule has 2 aromatic heterocycles. The molecule has 0 saturated heterocycles. The molecule has 6 heteroatoms. The number of benzene rings is 2. The highest BCUT2D eigenvalue weighted by molar-refractivity contribution is 5.88. The van der Waals surface area contributed by atoms with E-state index >= 15 is 0 Å². The van der Waals surface area contributed by atoms with Crippen LogP contribution in [0.15, 0.2) is 79.1 Å². The van der Waals surface area contributed by atoms with E-state index in [2.05, 4.69) is 9.97 Å². The third-order valence-corrected chi connectivity index (χ3v) is 4.39. The SMILES string of the molecule is O=[N+]([O-])c1cccc2ccc(/C=C/c3ccccc3OCc3cccnc3)nc12. The van der Waals surface area contributed by atoms with Crippen LogP contribution in [0.4, 0.5) is 5.69 Å². The Morgan fingerprint density at radius 3 is 2.69 bits per heavy atom. The Hall–Kier alpha value is -4.06. The molecular formula is C23H17N3O3. The summed E-state index contributed by atoms with van der Waals surface area (Å²) in [7, 11) is 0. The number of aromatic nitrogens is 2. The van der Waals surface area contributed by atoms with E-state index in [0.717, 1.165) is 22.3 Å². The molecule has 0 amide bonds. The van der Waals surface area contributed by atoms with Crippen LogP contribution in [0.5, 0.6) is 5.75 Å². The maximum absolute atomic E-state index is 11.3. The molecule has 0 spiro atoms. The molecule has 0 aliphatic carbocycles. The highest BCUT2D eigenvalue weighted by atomic mass is 16.6. The van der Waals surface area contributed by atoms with Crippen LogP contribution in [-0.4, -0.2) is 14.9 Å². The Bertz CT molecular complexity index is 1190. The third-order valence-electron chi connectivity index (χ3n) is 4.39. The summed E-state index contributed by atoms with van der Waals surface area (Å²) in [5.41, 5.74) is 2.88. The number of non-ortho nitro benzene ring substituents is 1. The number of rotatable bonds is 6. The van der Waals surface area contributed by atoms with Crippen molar-refractivity contribution in [1.29, 1.82) is 0 Å². The van der Waals surface area contributed by atoms with Crippen molar-refractivity contribution < 1.29 is 9.66 Å². The number of hydrogen-bond donors (Lipinski definition) is 0. The summed E-state index contributed by atoms with van der Waals surface area (Å²) < 4.78 is 5.93. The molecule has 6 nitrogen and oxygen atoms in total. The molecule has 2 heterocycles. The molecule has 2 aromatic carbocycles. The van der Waals surface area contributed by atoms with Gasteiger partial charge in [-0.2, -0.15) is 0 Å². The van der Waals surface area contributed by atoms with Gasteiger partial charge in [0.2, 0.25) is 0 Å². The van der Waals surface area contributed by atoms with Gasteiger partial charge in [-0.15, -0.1) is 0 Å². The van der Waals surface area contributed by atoms with Crippen molar-refractivity contribution in [2.75, 3.05) is 0 Å². The van der Waals surface area contributed by atoms with Crippen LogP contribution in [0, 0.1) is 10.1 Å². The number of fused-ring (bicyclic) bond motifs is 1. The summed E-state index contributed by atoms with van der Waals surface area (Å²) in [6.45, 7) is 0.416. The molecule has 0 radical (unpaired) electrons. The first-order valence-corrected chi connectivity index (χ1v) is 9.04. The van der Waals surface area contributed by atoms with E-state index in [1.165, 1.54) is 6.07 Å². The highest BCUT2D eigenvalue weighted by Gasteiger charge is 2.12. The molecule has 0 bridgehead atoms. The van der Waals surface area contributed by atoms with Crippen LogP contribution < -0.4 is 4.74 Å². The van der Waals surface area contributed by atoms with Crippen molar-refractivity contribution >= 4 is 28.7 Å². The number of nitro groups is 1. The maximum Gasteiger partial charge on any atom is 0.295 e. The summed E-state index contributed by atoms with van der Waals surface area (Å²) in [6.07, 6.45) is 7.20. The van der Waals surface area contributed by atoms with Gasteiger partial charge in [0.05, 0.1) is 10.6 Å². The molecule has 0 N–H and O–H groups in total. The average molecular weight is 383 g/mol. The number of hydrogen-bond acceptors (Lipinski definition) is 5. The van der Waals surface area contributed by atoms with Gasteiger partial charge in [-0.3, -0.25) is 15.1 Å². The van der Waals surface area contributed by atoms with E-state index in [4.69, 9.17) is 4.74 Å². The minimum absolute atomic E-state index is 0.00189. The van der Waals surface area contributed by atoms with E-state index in [1.807, 2.05) is 66.7 Å². The van der Waals surface area contributed by atoms with E-state index in [9.17, 15) is 10.1 Å².